The van der Waals surface area contributed by atoms with Gasteiger partial charge in [0.2, 0.25) is 0 Å². The number of oxime groups is 1. The van der Waals surface area contributed by atoms with Crippen molar-refractivity contribution in [2.24, 2.45) is 10.9 Å². The molecule has 6 nitrogen and oxygen atoms in total. The molecule has 0 radical (unpaired) electrons. The van der Waals surface area contributed by atoms with Crippen LogP contribution in [0.1, 0.15) is 19.0 Å². The van der Waals surface area contributed by atoms with Crippen molar-refractivity contribution in [2.75, 3.05) is 0 Å². The molecule has 0 amide bonds. The highest BCUT2D eigenvalue weighted by atomic mass is 16.7. The molecule has 1 aromatic carbocycles. The highest BCUT2D eigenvalue weighted by Crippen LogP contribution is 2.13. The van der Waals surface area contributed by atoms with Crippen molar-refractivity contribution < 1.29 is 14.4 Å². The monoisotopic (exact) mass is 299 g/mol. The summed E-state index contributed by atoms with van der Waals surface area (Å²) in [6.07, 6.45) is 1.28. The van der Waals surface area contributed by atoms with Gasteiger partial charge < -0.3 is 15.3 Å². The molecule has 0 bridgehead atoms. The molecular weight excluding hydrogens is 282 g/mol. The standard InChI is InChI=1S/C16H17N3O3/c1-2-14(21-12-8-4-3-5-9-12)16(20)22-19-15(17)13-10-6-7-11-18-13/h3-11,14H,2H2,1H3,(H2,17,19)/t14-/m0/s1. The number of aromatic nitrogens is 1. The van der Waals surface area contributed by atoms with Gasteiger partial charge in [-0.3, -0.25) is 4.98 Å². The molecule has 0 unspecified atom stereocenters. The van der Waals surface area contributed by atoms with Crippen LogP contribution in [0.5, 0.6) is 5.75 Å². The maximum atomic E-state index is 12.0. The first kappa shape index (κ1) is 15.5. The van der Waals surface area contributed by atoms with Gasteiger partial charge in [-0.15, -0.1) is 0 Å². The van der Waals surface area contributed by atoms with Crippen LogP contribution < -0.4 is 10.5 Å². The Morgan fingerprint density at radius 2 is 1.95 bits per heavy atom. The third-order valence-corrected chi connectivity index (χ3v) is 2.82. The summed E-state index contributed by atoms with van der Waals surface area (Å²) in [6.45, 7) is 1.82. The molecule has 1 atom stereocenters. The van der Waals surface area contributed by atoms with Crippen LogP contribution in [-0.4, -0.2) is 22.9 Å². The second-order valence-corrected chi connectivity index (χ2v) is 4.43. The van der Waals surface area contributed by atoms with Crippen molar-refractivity contribution in [3.05, 3.63) is 60.4 Å². The Kier molecular flexibility index (Phi) is 5.48. The normalized spacial score (nSPS) is 12.5. The summed E-state index contributed by atoms with van der Waals surface area (Å²) >= 11 is 0. The van der Waals surface area contributed by atoms with E-state index in [-0.39, 0.29) is 5.84 Å². The third kappa shape index (κ3) is 4.31. The van der Waals surface area contributed by atoms with Crippen molar-refractivity contribution in [2.45, 2.75) is 19.4 Å². The molecule has 2 rings (SSSR count). The van der Waals surface area contributed by atoms with Gasteiger partial charge in [-0.05, 0) is 30.7 Å². The Hall–Kier alpha value is -2.89. The molecule has 0 saturated heterocycles. The second kappa shape index (κ2) is 7.78. The van der Waals surface area contributed by atoms with Gasteiger partial charge in [0.25, 0.3) is 0 Å². The number of ether oxygens (including phenoxy) is 1. The molecule has 0 saturated carbocycles. The number of hydrogen-bond donors (Lipinski definition) is 1. The van der Waals surface area contributed by atoms with E-state index in [2.05, 4.69) is 10.1 Å². The summed E-state index contributed by atoms with van der Waals surface area (Å²) in [5.74, 6) is 0.0155. The summed E-state index contributed by atoms with van der Waals surface area (Å²) < 4.78 is 5.56. The summed E-state index contributed by atoms with van der Waals surface area (Å²) in [6, 6.07) is 14.2. The minimum atomic E-state index is -0.748. The van der Waals surface area contributed by atoms with Gasteiger partial charge in [-0.2, -0.15) is 0 Å². The van der Waals surface area contributed by atoms with Gasteiger partial charge in [-0.1, -0.05) is 36.3 Å². The van der Waals surface area contributed by atoms with Crippen LogP contribution in [0.25, 0.3) is 0 Å². The van der Waals surface area contributed by atoms with E-state index in [9.17, 15) is 4.79 Å². The molecule has 1 aromatic heterocycles. The van der Waals surface area contributed by atoms with Crippen LogP contribution in [0.4, 0.5) is 0 Å². The second-order valence-electron chi connectivity index (χ2n) is 4.43. The molecule has 6 heteroatoms. The van der Waals surface area contributed by atoms with Crippen LogP contribution in [0, 0.1) is 0 Å². The highest BCUT2D eigenvalue weighted by molar-refractivity contribution is 5.95. The molecule has 0 aliphatic heterocycles. The Labute approximate surface area is 128 Å². The number of nitrogens with zero attached hydrogens (tertiary/aromatic N) is 2. The first-order chi connectivity index (χ1) is 10.7. The number of carbonyl (C=O) groups is 1. The van der Waals surface area contributed by atoms with E-state index in [1.54, 1.807) is 36.5 Å². The van der Waals surface area contributed by atoms with Crippen molar-refractivity contribution in [3.8, 4) is 5.75 Å². The zero-order chi connectivity index (χ0) is 15.8. The zero-order valence-corrected chi connectivity index (χ0v) is 12.2. The van der Waals surface area contributed by atoms with E-state index in [0.29, 0.717) is 17.9 Å². The van der Waals surface area contributed by atoms with Crippen LogP contribution >= 0.6 is 0 Å². The van der Waals surface area contributed by atoms with E-state index < -0.39 is 12.1 Å². The quantitative estimate of drug-likeness (QED) is 0.382. The van der Waals surface area contributed by atoms with Gasteiger partial charge in [-0.25, -0.2) is 4.79 Å². The lowest BCUT2D eigenvalue weighted by Gasteiger charge is -2.14. The summed E-state index contributed by atoms with van der Waals surface area (Å²) in [7, 11) is 0. The zero-order valence-electron chi connectivity index (χ0n) is 12.2. The number of benzene rings is 1. The fourth-order valence-corrected chi connectivity index (χ4v) is 1.68. The third-order valence-electron chi connectivity index (χ3n) is 2.82. The number of amidine groups is 1. The molecule has 0 aliphatic carbocycles. The minimum absolute atomic E-state index is 0.0310. The number of hydrogen-bond acceptors (Lipinski definition) is 5. The van der Waals surface area contributed by atoms with Crippen LogP contribution in [0.2, 0.25) is 0 Å². The fourth-order valence-electron chi connectivity index (χ4n) is 1.68. The maximum Gasteiger partial charge on any atom is 0.375 e. The molecule has 0 fully saturated rings. The predicted molar refractivity (Wildman–Crippen MR) is 82.2 cm³/mol. The first-order valence-corrected chi connectivity index (χ1v) is 6.88. The lowest BCUT2D eigenvalue weighted by molar-refractivity contribution is -0.152. The topological polar surface area (TPSA) is 86.8 Å². The maximum absolute atomic E-state index is 12.0. The van der Waals surface area contributed by atoms with E-state index in [1.807, 2.05) is 25.1 Å². The lowest BCUT2D eigenvalue weighted by atomic mass is 10.2. The van der Waals surface area contributed by atoms with Crippen LogP contribution in [0.3, 0.4) is 0 Å². The number of carbonyl (C=O) groups excluding carboxylic acids is 1. The predicted octanol–water partition coefficient (Wildman–Crippen LogP) is 2.10. The van der Waals surface area contributed by atoms with Crippen molar-refractivity contribution >= 4 is 11.8 Å². The lowest BCUT2D eigenvalue weighted by Crippen LogP contribution is -2.28. The molecular formula is C16H17N3O3. The average Bonchev–Trinajstić information content (AvgIpc) is 2.59. The molecule has 22 heavy (non-hydrogen) atoms. The van der Waals surface area contributed by atoms with E-state index in [4.69, 9.17) is 15.3 Å². The van der Waals surface area contributed by atoms with Crippen LogP contribution in [-0.2, 0) is 9.63 Å². The van der Waals surface area contributed by atoms with E-state index in [0.717, 1.165) is 0 Å². The molecule has 0 spiro atoms. The summed E-state index contributed by atoms with van der Waals surface area (Å²) in [5, 5.41) is 3.61. The molecule has 2 N–H and O–H groups in total. The van der Waals surface area contributed by atoms with Gasteiger partial charge >= 0.3 is 5.97 Å². The first-order valence-electron chi connectivity index (χ1n) is 6.88. The summed E-state index contributed by atoms with van der Waals surface area (Å²) in [5.41, 5.74) is 6.14. The molecule has 114 valence electrons. The number of rotatable bonds is 6. The van der Waals surface area contributed by atoms with Gasteiger partial charge in [0.05, 0.1) is 0 Å². The molecule has 0 aliphatic rings. The smallest absolute Gasteiger partial charge is 0.375 e. The molecule has 1 heterocycles. The van der Waals surface area contributed by atoms with E-state index in [1.165, 1.54) is 0 Å². The number of para-hydroxylation sites is 1. The van der Waals surface area contributed by atoms with Crippen molar-refractivity contribution in [1.82, 2.24) is 4.98 Å². The van der Waals surface area contributed by atoms with Crippen molar-refractivity contribution in [3.63, 3.8) is 0 Å². The highest BCUT2D eigenvalue weighted by Gasteiger charge is 2.20. The van der Waals surface area contributed by atoms with Crippen LogP contribution in [0.15, 0.2) is 59.9 Å². The van der Waals surface area contributed by atoms with E-state index >= 15 is 0 Å². The fraction of sp³-hybridized carbons (Fsp3) is 0.188. The Morgan fingerprint density at radius 3 is 2.59 bits per heavy atom. The SMILES string of the molecule is CC[C@H](Oc1ccccc1)C(=O)O/N=C(/N)c1ccccn1. The Morgan fingerprint density at radius 1 is 1.23 bits per heavy atom. The largest absolute Gasteiger partial charge is 0.479 e. The average molecular weight is 299 g/mol. The Balaban J connectivity index is 1.98. The Bertz CT molecular complexity index is 630. The molecule has 2 aromatic rings. The van der Waals surface area contributed by atoms with Gasteiger partial charge in [0.15, 0.2) is 11.9 Å². The number of nitrogens with two attached hydrogens (primary N) is 1. The number of pyridine rings is 1. The summed E-state index contributed by atoms with van der Waals surface area (Å²) in [4.78, 5) is 20.8. The minimum Gasteiger partial charge on any atom is -0.479 e. The van der Waals surface area contributed by atoms with Gasteiger partial charge in [0.1, 0.15) is 11.4 Å². The van der Waals surface area contributed by atoms with Crippen molar-refractivity contribution in [1.29, 1.82) is 0 Å². The van der Waals surface area contributed by atoms with Gasteiger partial charge in [0, 0.05) is 6.20 Å².